The number of aliphatic carboxylic acids is 3. The number of carbonyl (C=O) groups excluding carboxylic acids is 1. The number of aromatic nitrogens is 6. The second-order valence-electron chi connectivity index (χ2n) is 35.5. The third-order valence-corrected chi connectivity index (χ3v) is 27.5. The quantitative estimate of drug-likeness (QED) is 0.0296. The minimum atomic E-state index is -1.10. The highest BCUT2D eigenvalue weighted by atomic mass is 35.5. The Bertz CT molecular complexity index is 4450. The Morgan fingerprint density at radius 3 is 1.38 bits per heavy atom. The third kappa shape index (κ3) is 19.2. The van der Waals surface area contributed by atoms with Gasteiger partial charge in [-0.2, -0.15) is 15.0 Å². The Balaban J connectivity index is 0.000000149. The summed E-state index contributed by atoms with van der Waals surface area (Å²) >= 11 is 25.9. The Labute approximate surface area is 691 Å². The fourth-order valence-corrected chi connectivity index (χ4v) is 20.2. The summed E-state index contributed by atoms with van der Waals surface area (Å²) in [6.07, 6.45) is 16.5. The molecule has 7 unspecified atom stereocenters. The van der Waals surface area contributed by atoms with Crippen molar-refractivity contribution in [1.29, 1.82) is 0 Å². The van der Waals surface area contributed by atoms with Gasteiger partial charge in [-0.1, -0.05) is 82.8 Å². The molecule has 616 valence electrons. The van der Waals surface area contributed by atoms with E-state index in [1.807, 2.05) is 109 Å². The number of hydrogen-bond donors (Lipinski definition) is 7. The molecule has 7 atom stereocenters. The lowest BCUT2D eigenvalue weighted by Crippen LogP contribution is -2.60. The first-order valence-electron chi connectivity index (χ1n) is 41.2. The van der Waals surface area contributed by atoms with E-state index in [9.17, 15) is 39.6 Å². The lowest BCUT2D eigenvalue weighted by atomic mass is 9.65. The van der Waals surface area contributed by atoms with Gasteiger partial charge in [0.05, 0.1) is 40.8 Å². The van der Waals surface area contributed by atoms with Crippen molar-refractivity contribution in [3.63, 3.8) is 0 Å². The monoisotopic (exact) mass is 1640 g/mol. The van der Waals surface area contributed by atoms with E-state index in [0.29, 0.717) is 113 Å². The number of nitrogens with one attached hydrogen (secondary N) is 3. The highest BCUT2D eigenvalue weighted by Crippen LogP contribution is 2.48. The molecular formula is C86H116Cl4N16O8. The summed E-state index contributed by atoms with van der Waals surface area (Å²) in [6.45, 7) is 33.8. The molecule has 2 aliphatic carbocycles. The Hall–Kier alpha value is -7.42. The van der Waals surface area contributed by atoms with E-state index in [1.165, 1.54) is 25.7 Å². The smallest absolute Gasteiger partial charge is 0.321 e. The zero-order chi connectivity index (χ0) is 81.4. The van der Waals surface area contributed by atoms with Crippen molar-refractivity contribution in [2.24, 2.45) is 46.3 Å². The number of carboxylic acid groups (broad SMARTS) is 3. The van der Waals surface area contributed by atoms with Gasteiger partial charge in [-0.15, -0.1) is 0 Å². The molecule has 3 aromatic carbocycles. The van der Waals surface area contributed by atoms with E-state index in [1.54, 1.807) is 26.2 Å². The van der Waals surface area contributed by atoms with E-state index >= 15 is 0 Å². The number of nitrogens with zero attached hydrogens (tertiary/aromatic N) is 13. The number of hydrogen-bond acceptors (Lipinski definition) is 20. The van der Waals surface area contributed by atoms with Gasteiger partial charge in [0.15, 0.2) is 5.82 Å². The molecule has 0 radical (unpaired) electrons. The zero-order valence-electron chi connectivity index (χ0n) is 68.0. The first-order valence-corrected chi connectivity index (χ1v) is 42.7. The number of piperidine rings is 3. The maximum atomic E-state index is 12.4. The highest BCUT2D eigenvalue weighted by molar-refractivity contribution is 6.33. The van der Waals surface area contributed by atoms with Gasteiger partial charge in [-0.25, -0.2) is 15.0 Å². The average molecular weight is 1640 g/mol. The van der Waals surface area contributed by atoms with Gasteiger partial charge >= 0.3 is 17.9 Å². The van der Waals surface area contributed by atoms with Crippen molar-refractivity contribution >= 4 is 106 Å². The predicted molar refractivity (Wildman–Crippen MR) is 451 cm³/mol. The maximum absolute atomic E-state index is 12.4. The van der Waals surface area contributed by atoms with Gasteiger partial charge in [0.25, 0.3) is 0 Å². The van der Waals surface area contributed by atoms with Crippen LogP contribution >= 0.6 is 46.4 Å². The Morgan fingerprint density at radius 2 is 0.939 bits per heavy atom. The number of aliphatic hydroxyl groups is 1. The van der Waals surface area contributed by atoms with Crippen molar-refractivity contribution in [3.8, 4) is 0 Å². The normalized spacial score (nSPS) is 25.9. The van der Waals surface area contributed by atoms with Gasteiger partial charge < -0.3 is 65.8 Å². The Morgan fingerprint density at radius 1 is 0.518 bits per heavy atom. The maximum Gasteiger partial charge on any atom is 0.321 e. The summed E-state index contributed by atoms with van der Waals surface area (Å²) in [4.78, 5) is 91.2. The second kappa shape index (κ2) is 35.4. The average Bonchev–Trinajstić information content (AvgIpc) is 0.792. The number of anilines is 6. The SMILES string of the molecule is Cc1ccc(C(C)Nc2nc(N3CC(C4CCCN(C5CC(C)(C(=O)O)C5)C4)C3)ncc2C(C)(C)O)c(Cl)c1.Cc1ccc(C(C)Nc2nc(N3CC(C4CCCN(C5CC(C)(C(=O)O)C5)C4)C3)ncc2C)c(Cl)c1.Cc1ccc(C(C)Nc2nc(N3CC(C4CCCN(CCN5CCCC5=O)C4C(=O)O)C3)ncc2Cl)c(Cl)c1. The van der Waals surface area contributed by atoms with E-state index in [0.717, 1.165) is 166 Å². The van der Waals surface area contributed by atoms with Gasteiger partial charge in [0, 0.05) is 129 Å². The van der Waals surface area contributed by atoms with E-state index in [4.69, 9.17) is 61.4 Å². The predicted octanol–water partition coefficient (Wildman–Crippen LogP) is 15.1. The molecule has 1 amide bonds. The first kappa shape index (κ1) is 84.5. The Kier molecular flexibility index (Phi) is 26.2. The van der Waals surface area contributed by atoms with Crippen LogP contribution in [0.25, 0.3) is 0 Å². The molecule has 114 heavy (non-hydrogen) atoms. The standard InChI is InChI=1S/C30H42ClN5O3.C28H36Cl2N6O3.C28H38ClN5O2/c1-18-8-9-23(25(31)11-18)19(2)33-26-24(29(3,4)39)14-32-28(34-26)36-16-21(17-36)20-7-6-10-35(15-20)22-12-30(5,13-22)27(37)38;1-17-7-8-20(22(29)13-17)18(2)32-26-23(30)14-31-28(33-26)36-15-19(16-36)21-5-3-10-35(25(21)27(38)39)12-11-34-9-4-6-24(34)37;1-17-7-8-23(24(29)10-17)19(3)31-25-18(2)13-30-27(32-25)34-15-21(16-34)20-6-5-9-33(14-20)22-11-28(4,12-22)26(35)36/h8-9,11,14,19-22,39H,6-7,10,12-13,15-17H2,1-5H3,(H,37,38)(H,32,33,34);7-8,13-14,18-19,21,25H,3-6,9-12,15-16H2,1-2H3,(H,38,39)(H,31,32,33);7-8,10,13,19-22H,5-6,9,11-12,14-16H2,1-4H3,(H,35,36)(H,30,31,32). The van der Waals surface area contributed by atoms with Crippen LogP contribution in [0.15, 0.2) is 73.2 Å². The van der Waals surface area contributed by atoms with Crippen LogP contribution < -0.4 is 30.7 Å². The van der Waals surface area contributed by atoms with E-state index in [2.05, 4.69) is 79.4 Å². The highest BCUT2D eigenvalue weighted by Gasteiger charge is 2.52. The topological polar surface area (TPSA) is 285 Å². The number of aryl methyl sites for hydroxylation is 4. The van der Waals surface area contributed by atoms with Crippen molar-refractivity contribution in [1.82, 2.24) is 49.5 Å². The van der Waals surface area contributed by atoms with Crippen LogP contribution in [0.5, 0.6) is 0 Å². The molecule has 28 heteroatoms. The molecule has 24 nitrogen and oxygen atoms in total. The molecule has 7 aliphatic heterocycles. The molecule has 9 aliphatic rings. The third-order valence-electron chi connectivity index (χ3n) is 26.2. The lowest BCUT2D eigenvalue weighted by Gasteiger charge is -2.52. The number of carbonyl (C=O) groups is 4. The van der Waals surface area contributed by atoms with Crippen LogP contribution in [0.1, 0.15) is 188 Å². The molecular weight excluding hydrogens is 1530 g/mol. The zero-order valence-corrected chi connectivity index (χ0v) is 71.0. The fraction of sp³-hybridized carbons (Fsp3) is 0.605. The molecule has 10 heterocycles. The van der Waals surface area contributed by atoms with E-state index < -0.39 is 40.4 Å². The molecule has 0 bridgehead atoms. The first-order chi connectivity index (χ1) is 54.2. The minimum absolute atomic E-state index is 0.0337. The summed E-state index contributed by atoms with van der Waals surface area (Å²) in [5, 5.41) is 52.9. The second-order valence-corrected chi connectivity index (χ2v) is 37.1. The number of carboxylic acids is 3. The fourth-order valence-electron chi connectivity index (χ4n) is 18.8. The van der Waals surface area contributed by atoms with Crippen LogP contribution in [0, 0.1) is 74.0 Å². The summed E-state index contributed by atoms with van der Waals surface area (Å²) in [5.41, 5.74) is 5.84. The molecule has 9 fully saturated rings. The molecule has 0 spiro atoms. The van der Waals surface area contributed by atoms with Crippen molar-refractivity contribution < 1.29 is 39.6 Å². The summed E-state index contributed by atoms with van der Waals surface area (Å²) in [7, 11) is 0. The molecule has 15 rings (SSSR count). The van der Waals surface area contributed by atoms with Crippen molar-refractivity contribution in [3.05, 3.63) is 138 Å². The summed E-state index contributed by atoms with van der Waals surface area (Å²) in [5.74, 6) is 4.93. The number of halogens is 4. The molecule has 6 aromatic rings. The minimum Gasteiger partial charge on any atom is -0.481 e. The van der Waals surface area contributed by atoms with Gasteiger partial charge in [0.2, 0.25) is 23.8 Å². The van der Waals surface area contributed by atoms with E-state index in [-0.39, 0.29) is 35.9 Å². The van der Waals surface area contributed by atoms with Crippen LogP contribution in [-0.4, -0.2) is 203 Å². The summed E-state index contributed by atoms with van der Waals surface area (Å²) < 4.78 is 0. The largest absolute Gasteiger partial charge is 0.481 e. The van der Waals surface area contributed by atoms with Crippen LogP contribution in [0.2, 0.25) is 20.1 Å². The number of likely N-dealkylation sites (tertiary alicyclic amines) is 4. The van der Waals surface area contributed by atoms with Crippen LogP contribution in [0.4, 0.5) is 35.3 Å². The van der Waals surface area contributed by atoms with Gasteiger partial charge in [-0.05, 0) is 254 Å². The van der Waals surface area contributed by atoms with Crippen molar-refractivity contribution in [2.45, 2.75) is 195 Å². The van der Waals surface area contributed by atoms with Gasteiger partial charge in [0.1, 0.15) is 22.7 Å². The van der Waals surface area contributed by atoms with Crippen molar-refractivity contribution in [2.75, 3.05) is 122 Å². The molecule has 7 saturated heterocycles. The van der Waals surface area contributed by atoms with Crippen LogP contribution in [0.3, 0.4) is 0 Å². The molecule has 3 aromatic heterocycles. The number of rotatable bonds is 24. The lowest BCUT2D eigenvalue weighted by molar-refractivity contribution is -0.159. The number of benzene rings is 3. The molecule has 7 N–H and O–H groups in total. The van der Waals surface area contributed by atoms with Gasteiger partial charge in [-0.3, -0.25) is 24.1 Å². The van der Waals surface area contributed by atoms with Crippen LogP contribution in [-0.2, 0) is 24.8 Å². The summed E-state index contributed by atoms with van der Waals surface area (Å²) in [6, 6.07) is 18.3. The number of amides is 1. The molecule has 2 saturated carbocycles.